The zero-order valence-corrected chi connectivity index (χ0v) is 19.2. The molecule has 1 aromatic carbocycles. The molecule has 0 bridgehead atoms. The smallest absolute Gasteiger partial charge is 0.390 e. The standard InChI is InChI=1S/C20H25F3N4O2.HI/c1-3-24-19(26-12-10-20(21,22)23)27-14-15-9-11-25-18(13-15)29-17-7-5-16(6-8-17)28-4-2;/h5-9,11,13H,3-4,10,12,14H2,1-2H3,(H2,24,26,27);1H. The Morgan fingerprint density at radius 1 is 1.07 bits per heavy atom. The molecule has 0 amide bonds. The molecule has 0 saturated heterocycles. The number of hydrogen-bond donors (Lipinski definition) is 2. The summed E-state index contributed by atoms with van der Waals surface area (Å²) in [6.07, 6.45) is -3.53. The fourth-order valence-electron chi connectivity index (χ4n) is 2.33. The lowest BCUT2D eigenvalue weighted by Gasteiger charge is -2.12. The van der Waals surface area contributed by atoms with Gasteiger partial charge in [-0.2, -0.15) is 13.2 Å². The number of aromatic nitrogens is 1. The van der Waals surface area contributed by atoms with Crippen molar-refractivity contribution >= 4 is 29.9 Å². The predicted octanol–water partition coefficient (Wildman–Crippen LogP) is 4.90. The molecular weight excluding hydrogens is 512 g/mol. The van der Waals surface area contributed by atoms with Crippen LogP contribution in [-0.4, -0.2) is 36.8 Å². The van der Waals surface area contributed by atoms with E-state index in [1.165, 1.54) is 0 Å². The number of alkyl halides is 3. The zero-order chi connectivity index (χ0) is 21.1. The summed E-state index contributed by atoms with van der Waals surface area (Å²) in [5.74, 6) is 2.09. The lowest BCUT2D eigenvalue weighted by atomic mass is 10.2. The van der Waals surface area contributed by atoms with E-state index in [-0.39, 0.29) is 37.1 Å². The SMILES string of the molecule is CCNC(=NCc1ccnc(Oc2ccc(OCC)cc2)c1)NCCC(F)(F)F.I. The van der Waals surface area contributed by atoms with Gasteiger partial charge in [0.05, 0.1) is 19.6 Å². The second-order valence-electron chi connectivity index (χ2n) is 6.00. The van der Waals surface area contributed by atoms with E-state index >= 15 is 0 Å². The maximum absolute atomic E-state index is 12.3. The Balaban J connectivity index is 0.00000450. The van der Waals surface area contributed by atoms with E-state index in [1.54, 1.807) is 30.5 Å². The maximum atomic E-state index is 12.3. The first-order valence-electron chi connectivity index (χ1n) is 9.34. The van der Waals surface area contributed by atoms with Crippen LogP contribution < -0.4 is 20.1 Å². The summed E-state index contributed by atoms with van der Waals surface area (Å²) in [4.78, 5) is 8.49. The molecule has 2 aromatic rings. The third-order valence-corrected chi connectivity index (χ3v) is 3.62. The molecule has 30 heavy (non-hydrogen) atoms. The summed E-state index contributed by atoms with van der Waals surface area (Å²) in [5.41, 5.74) is 0.814. The second kappa shape index (κ2) is 13.1. The zero-order valence-electron chi connectivity index (χ0n) is 16.8. The van der Waals surface area contributed by atoms with Gasteiger partial charge in [-0.3, -0.25) is 0 Å². The van der Waals surface area contributed by atoms with Gasteiger partial charge in [0.2, 0.25) is 5.88 Å². The Morgan fingerprint density at radius 2 is 1.77 bits per heavy atom. The summed E-state index contributed by atoms with van der Waals surface area (Å²) in [6.45, 7) is 4.91. The summed E-state index contributed by atoms with van der Waals surface area (Å²) in [7, 11) is 0. The molecule has 0 aliphatic carbocycles. The van der Waals surface area contributed by atoms with Crippen LogP contribution in [0.25, 0.3) is 0 Å². The van der Waals surface area contributed by atoms with Gasteiger partial charge < -0.3 is 20.1 Å². The number of hydrogen-bond acceptors (Lipinski definition) is 4. The fraction of sp³-hybridized carbons (Fsp3) is 0.400. The van der Waals surface area contributed by atoms with Gasteiger partial charge in [0.15, 0.2) is 5.96 Å². The van der Waals surface area contributed by atoms with Gasteiger partial charge in [0.25, 0.3) is 0 Å². The average molecular weight is 538 g/mol. The average Bonchev–Trinajstić information content (AvgIpc) is 2.67. The van der Waals surface area contributed by atoms with E-state index in [0.717, 1.165) is 11.3 Å². The normalized spacial score (nSPS) is 11.4. The van der Waals surface area contributed by atoms with Crippen LogP contribution in [-0.2, 0) is 6.54 Å². The molecular formula is C20H26F3IN4O2. The molecule has 166 valence electrons. The molecule has 1 heterocycles. The molecule has 10 heteroatoms. The molecule has 0 saturated carbocycles. The van der Waals surface area contributed by atoms with Crippen LogP contribution in [0.5, 0.6) is 17.4 Å². The van der Waals surface area contributed by atoms with Gasteiger partial charge in [0, 0.05) is 25.4 Å². The minimum Gasteiger partial charge on any atom is -0.494 e. The fourth-order valence-corrected chi connectivity index (χ4v) is 2.33. The molecule has 2 N–H and O–H groups in total. The van der Waals surface area contributed by atoms with Gasteiger partial charge >= 0.3 is 6.18 Å². The van der Waals surface area contributed by atoms with Crippen molar-refractivity contribution in [2.24, 2.45) is 4.99 Å². The summed E-state index contributed by atoms with van der Waals surface area (Å²) in [5, 5.41) is 5.60. The van der Waals surface area contributed by atoms with E-state index in [9.17, 15) is 13.2 Å². The maximum Gasteiger partial charge on any atom is 0.390 e. The van der Waals surface area contributed by atoms with Crippen molar-refractivity contribution in [2.75, 3.05) is 19.7 Å². The molecule has 6 nitrogen and oxygen atoms in total. The highest BCUT2D eigenvalue weighted by molar-refractivity contribution is 14.0. The van der Waals surface area contributed by atoms with Gasteiger partial charge in [0.1, 0.15) is 11.5 Å². The van der Waals surface area contributed by atoms with Crippen LogP contribution in [0.15, 0.2) is 47.6 Å². The minimum atomic E-state index is -4.21. The lowest BCUT2D eigenvalue weighted by molar-refractivity contribution is -0.132. The molecule has 2 rings (SSSR count). The highest BCUT2D eigenvalue weighted by Gasteiger charge is 2.26. The van der Waals surface area contributed by atoms with Crippen LogP contribution in [0, 0.1) is 0 Å². The third-order valence-electron chi connectivity index (χ3n) is 3.62. The van der Waals surface area contributed by atoms with Crippen LogP contribution in [0.3, 0.4) is 0 Å². The van der Waals surface area contributed by atoms with Gasteiger partial charge in [-0.25, -0.2) is 9.98 Å². The molecule has 0 aliphatic heterocycles. The van der Waals surface area contributed by atoms with Crippen LogP contribution in [0.4, 0.5) is 13.2 Å². The van der Waals surface area contributed by atoms with Gasteiger partial charge in [-0.05, 0) is 49.7 Å². The van der Waals surface area contributed by atoms with Gasteiger partial charge in [-0.15, -0.1) is 24.0 Å². The number of guanidine groups is 1. The monoisotopic (exact) mass is 538 g/mol. The van der Waals surface area contributed by atoms with Crippen LogP contribution in [0.2, 0.25) is 0 Å². The van der Waals surface area contributed by atoms with Crippen LogP contribution >= 0.6 is 24.0 Å². The van der Waals surface area contributed by atoms with Crippen molar-refractivity contribution < 1.29 is 22.6 Å². The quantitative estimate of drug-likeness (QED) is 0.270. The largest absolute Gasteiger partial charge is 0.494 e. The Hall–Kier alpha value is -2.24. The van der Waals surface area contributed by atoms with E-state index in [4.69, 9.17) is 9.47 Å². The summed E-state index contributed by atoms with van der Waals surface area (Å²) >= 11 is 0. The predicted molar refractivity (Wildman–Crippen MR) is 121 cm³/mol. The molecule has 0 atom stereocenters. The summed E-state index contributed by atoms with van der Waals surface area (Å²) in [6, 6.07) is 10.7. The highest BCUT2D eigenvalue weighted by Crippen LogP contribution is 2.23. The van der Waals surface area contributed by atoms with Crippen molar-refractivity contribution in [3.05, 3.63) is 48.2 Å². The number of nitrogens with one attached hydrogen (secondary N) is 2. The Kier molecular flexibility index (Phi) is 11.3. The molecule has 0 radical (unpaired) electrons. The number of nitrogens with zero attached hydrogens (tertiary/aromatic N) is 2. The highest BCUT2D eigenvalue weighted by atomic mass is 127. The van der Waals surface area contributed by atoms with Crippen molar-refractivity contribution in [3.8, 4) is 17.4 Å². The Labute approximate surface area is 191 Å². The molecule has 0 aliphatic rings. The number of pyridine rings is 1. The molecule has 0 spiro atoms. The number of ether oxygens (including phenoxy) is 2. The second-order valence-corrected chi connectivity index (χ2v) is 6.00. The van der Waals surface area contributed by atoms with Crippen molar-refractivity contribution in [2.45, 2.75) is 33.0 Å². The van der Waals surface area contributed by atoms with E-state index in [1.807, 2.05) is 26.0 Å². The third kappa shape index (κ3) is 9.99. The minimum absolute atomic E-state index is 0. The molecule has 0 fully saturated rings. The number of aliphatic imine (C=N–C) groups is 1. The topological polar surface area (TPSA) is 67.8 Å². The van der Waals surface area contributed by atoms with Crippen LogP contribution in [0.1, 0.15) is 25.8 Å². The Morgan fingerprint density at radius 3 is 2.40 bits per heavy atom. The number of rotatable bonds is 9. The Bertz CT molecular complexity index is 786. The number of halogens is 4. The van der Waals surface area contributed by atoms with Crippen molar-refractivity contribution in [3.63, 3.8) is 0 Å². The molecule has 1 aromatic heterocycles. The summed E-state index contributed by atoms with van der Waals surface area (Å²) < 4.78 is 48.0. The van der Waals surface area contributed by atoms with Crippen molar-refractivity contribution in [1.29, 1.82) is 0 Å². The van der Waals surface area contributed by atoms with Gasteiger partial charge in [-0.1, -0.05) is 0 Å². The number of benzene rings is 1. The first-order valence-corrected chi connectivity index (χ1v) is 9.34. The van der Waals surface area contributed by atoms with E-state index < -0.39 is 12.6 Å². The van der Waals surface area contributed by atoms with Crippen molar-refractivity contribution in [1.82, 2.24) is 15.6 Å². The van der Waals surface area contributed by atoms with E-state index in [0.29, 0.717) is 30.7 Å². The first-order chi connectivity index (χ1) is 13.9. The molecule has 0 unspecified atom stereocenters. The lowest BCUT2D eigenvalue weighted by Crippen LogP contribution is -2.38. The first kappa shape index (κ1) is 25.8. The van der Waals surface area contributed by atoms with E-state index in [2.05, 4.69) is 20.6 Å².